The number of rotatable bonds is 3. The zero-order chi connectivity index (χ0) is 29.7. The Kier molecular flexibility index (Phi) is 7.88. The Labute approximate surface area is 238 Å². The van der Waals surface area contributed by atoms with Gasteiger partial charge in [0.1, 0.15) is 5.60 Å². The Morgan fingerprint density at radius 1 is 1.05 bits per heavy atom. The molecule has 11 heteroatoms. The lowest BCUT2D eigenvalue weighted by atomic mass is 9.76. The normalized spacial score (nSPS) is 20.9. The van der Waals surface area contributed by atoms with Crippen LogP contribution in [0.4, 0.5) is 4.79 Å². The van der Waals surface area contributed by atoms with Crippen molar-refractivity contribution in [3.63, 3.8) is 0 Å². The molecule has 1 saturated heterocycles. The second-order valence-corrected chi connectivity index (χ2v) is 13.8. The number of amides is 2. The standard InChI is InChI=1S/C29H44BN5O5/c1-26(2,3)35-18-23(32-33-35)24(36)31-22-14-16-34(25(37)38-27(4,5)6)15-13-19-17-20(11-12-21(19)22)30-39-28(7,8)29(9,10)40-30/h11-12,17-18,22H,13-16H2,1-10H3,(H,31,36)/t22-/m1/s1. The van der Waals surface area contributed by atoms with Crippen LogP contribution in [-0.4, -0.2) is 68.9 Å². The maximum atomic E-state index is 13.3. The molecular formula is C29H44BN5O5. The molecule has 0 unspecified atom stereocenters. The van der Waals surface area contributed by atoms with Crippen LogP contribution >= 0.6 is 0 Å². The van der Waals surface area contributed by atoms with E-state index < -0.39 is 23.9 Å². The minimum atomic E-state index is -0.603. The van der Waals surface area contributed by atoms with E-state index in [4.69, 9.17) is 14.0 Å². The highest BCUT2D eigenvalue weighted by atomic mass is 16.7. The SMILES string of the molecule is CC(C)(C)OC(=O)N1CCc2cc(B3OC(C)(C)C(C)(C)O3)ccc2[C@H](NC(=O)c2cn(C(C)(C)C)nn2)CC1. The molecule has 1 aromatic heterocycles. The van der Waals surface area contributed by atoms with Gasteiger partial charge in [-0.2, -0.15) is 0 Å². The van der Waals surface area contributed by atoms with Crippen LogP contribution < -0.4 is 10.8 Å². The number of ether oxygens (including phenoxy) is 1. The third kappa shape index (κ3) is 6.52. The van der Waals surface area contributed by atoms with Gasteiger partial charge in [-0.1, -0.05) is 23.4 Å². The topological polar surface area (TPSA) is 108 Å². The van der Waals surface area contributed by atoms with Crippen LogP contribution in [0.3, 0.4) is 0 Å². The van der Waals surface area contributed by atoms with Gasteiger partial charge in [-0.25, -0.2) is 9.48 Å². The number of hydrogen-bond donors (Lipinski definition) is 1. The van der Waals surface area contributed by atoms with Crippen molar-refractivity contribution in [1.82, 2.24) is 25.2 Å². The van der Waals surface area contributed by atoms with E-state index in [1.807, 2.05) is 81.4 Å². The van der Waals surface area contributed by atoms with Gasteiger partial charge in [-0.15, -0.1) is 5.10 Å². The number of nitrogens with zero attached hydrogens (tertiary/aromatic N) is 4. The van der Waals surface area contributed by atoms with Crippen LogP contribution in [0.15, 0.2) is 24.4 Å². The van der Waals surface area contributed by atoms with Crippen LogP contribution in [0.2, 0.25) is 0 Å². The molecule has 0 spiro atoms. The predicted molar refractivity (Wildman–Crippen MR) is 154 cm³/mol. The van der Waals surface area contributed by atoms with Crippen molar-refractivity contribution in [2.45, 2.75) is 110 Å². The quantitative estimate of drug-likeness (QED) is 0.573. The number of hydrogen-bond acceptors (Lipinski definition) is 7. The van der Waals surface area contributed by atoms with Crippen molar-refractivity contribution in [3.05, 3.63) is 41.2 Å². The summed E-state index contributed by atoms with van der Waals surface area (Å²) in [5.74, 6) is -0.314. The third-order valence-corrected chi connectivity index (χ3v) is 7.78. The highest BCUT2D eigenvalue weighted by Gasteiger charge is 2.51. The lowest BCUT2D eigenvalue weighted by Crippen LogP contribution is -2.42. The molecular weight excluding hydrogens is 509 g/mol. The van der Waals surface area contributed by atoms with E-state index in [0.29, 0.717) is 25.9 Å². The number of benzene rings is 1. The summed E-state index contributed by atoms with van der Waals surface area (Å²) in [5, 5.41) is 11.4. The van der Waals surface area contributed by atoms with Gasteiger partial charge in [0.05, 0.1) is 29.0 Å². The van der Waals surface area contributed by atoms with Gasteiger partial charge < -0.3 is 24.3 Å². The second-order valence-electron chi connectivity index (χ2n) is 13.8. The Balaban J connectivity index is 1.64. The van der Waals surface area contributed by atoms with Crippen molar-refractivity contribution in [2.24, 2.45) is 0 Å². The van der Waals surface area contributed by atoms with E-state index >= 15 is 0 Å². The van der Waals surface area contributed by atoms with Crippen LogP contribution in [0, 0.1) is 0 Å². The first-order valence-electron chi connectivity index (χ1n) is 14.1. The van der Waals surface area contributed by atoms with E-state index in [0.717, 1.165) is 16.6 Å². The zero-order valence-electron chi connectivity index (χ0n) is 25.6. The summed E-state index contributed by atoms with van der Waals surface area (Å²) >= 11 is 0. The molecule has 4 rings (SSSR count). The van der Waals surface area contributed by atoms with Gasteiger partial charge in [0.2, 0.25) is 0 Å². The zero-order valence-corrected chi connectivity index (χ0v) is 25.6. The number of nitrogens with one attached hydrogen (secondary N) is 1. The summed E-state index contributed by atoms with van der Waals surface area (Å²) in [6, 6.07) is 5.77. The summed E-state index contributed by atoms with van der Waals surface area (Å²) in [7, 11) is -0.511. The van der Waals surface area contributed by atoms with E-state index in [2.05, 4.69) is 21.7 Å². The monoisotopic (exact) mass is 553 g/mol. The minimum Gasteiger partial charge on any atom is -0.444 e. The molecule has 2 aliphatic rings. The Bertz CT molecular complexity index is 1240. The van der Waals surface area contributed by atoms with Gasteiger partial charge in [-0.05, 0) is 98.7 Å². The summed E-state index contributed by atoms with van der Waals surface area (Å²) in [5.41, 5.74) is 1.35. The van der Waals surface area contributed by atoms with Crippen molar-refractivity contribution >= 4 is 24.6 Å². The molecule has 3 heterocycles. The number of carbonyl (C=O) groups is 2. The van der Waals surface area contributed by atoms with Crippen LogP contribution in [0.1, 0.15) is 103 Å². The molecule has 2 amide bonds. The fraction of sp³-hybridized carbons (Fsp3) is 0.655. The van der Waals surface area contributed by atoms with Crippen molar-refractivity contribution in [3.8, 4) is 0 Å². The van der Waals surface area contributed by atoms with Crippen molar-refractivity contribution in [2.75, 3.05) is 13.1 Å². The number of fused-ring (bicyclic) bond motifs is 1. The first-order valence-corrected chi connectivity index (χ1v) is 14.1. The maximum Gasteiger partial charge on any atom is 0.494 e. The van der Waals surface area contributed by atoms with Gasteiger partial charge in [0.25, 0.3) is 5.91 Å². The molecule has 0 bridgehead atoms. The summed E-state index contributed by atoms with van der Waals surface area (Å²) < 4.78 is 19.9. The molecule has 0 saturated carbocycles. The lowest BCUT2D eigenvalue weighted by molar-refractivity contribution is 0.00578. The van der Waals surface area contributed by atoms with Crippen LogP contribution in [0.5, 0.6) is 0 Å². The van der Waals surface area contributed by atoms with Gasteiger partial charge in [0, 0.05) is 13.1 Å². The van der Waals surface area contributed by atoms with Crippen LogP contribution in [0.25, 0.3) is 0 Å². The number of carbonyl (C=O) groups excluding carboxylic acids is 2. The first-order chi connectivity index (χ1) is 18.4. The number of aromatic nitrogens is 3. The summed E-state index contributed by atoms with van der Waals surface area (Å²) in [6.07, 6.45) is 2.40. The highest BCUT2D eigenvalue weighted by molar-refractivity contribution is 6.62. The van der Waals surface area contributed by atoms with Crippen molar-refractivity contribution in [1.29, 1.82) is 0 Å². The van der Waals surface area contributed by atoms with Crippen molar-refractivity contribution < 1.29 is 23.6 Å². The van der Waals surface area contributed by atoms with E-state index in [-0.39, 0.29) is 29.3 Å². The molecule has 0 aliphatic carbocycles. The van der Waals surface area contributed by atoms with Gasteiger partial charge in [-0.3, -0.25) is 4.79 Å². The van der Waals surface area contributed by atoms with Crippen LogP contribution in [-0.2, 0) is 26.0 Å². The van der Waals surface area contributed by atoms with Gasteiger partial charge in [0.15, 0.2) is 5.69 Å². The largest absolute Gasteiger partial charge is 0.494 e. The molecule has 10 nitrogen and oxygen atoms in total. The Hall–Kier alpha value is -2.92. The minimum absolute atomic E-state index is 0.247. The molecule has 1 atom stereocenters. The molecule has 2 aromatic rings. The molecule has 1 fully saturated rings. The average molecular weight is 554 g/mol. The molecule has 218 valence electrons. The fourth-order valence-corrected chi connectivity index (χ4v) is 4.70. The average Bonchev–Trinajstić information content (AvgIpc) is 3.38. The first kappa shape index (κ1) is 30.1. The second kappa shape index (κ2) is 10.5. The molecule has 1 aromatic carbocycles. The highest BCUT2D eigenvalue weighted by Crippen LogP contribution is 2.37. The summed E-state index contributed by atoms with van der Waals surface area (Å²) in [6.45, 7) is 20.6. The molecule has 2 aliphatic heterocycles. The van der Waals surface area contributed by atoms with Gasteiger partial charge >= 0.3 is 13.2 Å². The maximum absolute atomic E-state index is 13.3. The van der Waals surface area contributed by atoms with E-state index in [1.54, 1.807) is 15.8 Å². The van der Waals surface area contributed by atoms with E-state index in [1.165, 1.54) is 0 Å². The molecule has 1 N–H and O–H groups in total. The fourth-order valence-electron chi connectivity index (χ4n) is 4.70. The predicted octanol–water partition coefficient (Wildman–Crippen LogP) is 3.99. The Morgan fingerprint density at radius 2 is 1.70 bits per heavy atom. The van der Waals surface area contributed by atoms with E-state index in [9.17, 15) is 9.59 Å². The third-order valence-electron chi connectivity index (χ3n) is 7.78. The molecule has 40 heavy (non-hydrogen) atoms. The molecule has 0 radical (unpaired) electrons. The lowest BCUT2D eigenvalue weighted by Gasteiger charge is -2.32. The summed E-state index contributed by atoms with van der Waals surface area (Å²) in [4.78, 5) is 28.0. The Morgan fingerprint density at radius 3 is 2.27 bits per heavy atom. The smallest absolute Gasteiger partial charge is 0.444 e.